The van der Waals surface area contributed by atoms with Gasteiger partial charge in [0.2, 0.25) is 0 Å². The summed E-state index contributed by atoms with van der Waals surface area (Å²) >= 11 is 0. The summed E-state index contributed by atoms with van der Waals surface area (Å²) in [4.78, 5) is 21.8. The van der Waals surface area contributed by atoms with Gasteiger partial charge in [0.1, 0.15) is 11.6 Å². The molecule has 2 aromatic rings. The van der Waals surface area contributed by atoms with Gasteiger partial charge in [-0.3, -0.25) is 5.32 Å². The fourth-order valence-electron chi connectivity index (χ4n) is 2.72. The SMILES string of the molecule is CC(C)c1cc(NC(=O)N2CCCCC2c2ncc[nH]2)no1. The van der Waals surface area contributed by atoms with Crippen molar-refractivity contribution >= 4 is 11.8 Å². The molecule has 1 saturated heterocycles. The monoisotopic (exact) mass is 303 g/mol. The number of carbonyl (C=O) groups is 1. The number of hydrogen-bond donors (Lipinski definition) is 2. The molecule has 7 heteroatoms. The summed E-state index contributed by atoms with van der Waals surface area (Å²) in [5.41, 5.74) is 0. The molecule has 0 aliphatic carbocycles. The van der Waals surface area contributed by atoms with E-state index in [0.717, 1.165) is 30.8 Å². The van der Waals surface area contributed by atoms with Gasteiger partial charge in [-0.05, 0) is 19.3 Å². The molecule has 0 spiro atoms. The molecule has 2 aromatic heterocycles. The number of carbonyl (C=O) groups excluding carboxylic acids is 1. The molecule has 0 aromatic carbocycles. The van der Waals surface area contributed by atoms with Gasteiger partial charge >= 0.3 is 6.03 Å². The van der Waals surface area contributed by atoms with Crippen LogP contribution in [0.2, 0.25) is 0 Å². The van der Waals surface area contributed by atoms with Crippen molar-refractivity contribution in [3.05, 3.63) is 30.0 Å². The Hall–Kier alpha value is -2.31. The first-order chi connectivity index (χ1) is 10.6. The van der Waals surface area contributed by atoms with Crippen LogP contribution in [0.5, 0.6) is 0 Å². The molecule has 1 fully saturated rings. The molecule has 1 unspecified atom stereocenters. The zero-order chi connectivity index (χ0) is 15.5. The van der Waals surface area contributed by atoms with Crippen LogP contribution in [0, 0.1) is 0 Å². The van der Waals surface area contributed by atoms with Crippen molar-refractivity contribution in [2.75, 3.05) is 11.9 Å². The third-order valence-corrected chi connectivity index (χ3v) is 3.93. The molecule has 3 rings (SSSR count). The third-order valence-electron chi connectivity index (χ3n) is 3.93. The maximum absolute atomic E-state index is 12.5. The summed E-state index contributed by atoms with van der Waals surface area (Å²) < 4.78 is 5.21. The number of urea groups is 1. The summed E-state index contributed by atoms with van der Waals surface area (Å²) in [7, 11) is 0. The summed E-state index contributed by atoms with van der Waals surface area (Å²) in [6, 6.07) is 1.60. The van der Waals surface area contributed by atoms with Crippen LogP contribution >= 0.6 is 0 Å². The topological polar surface area (TPSA) is 87.0 Å². The van der Waals surface area contributed by atoms with Gasteiger partial charge in [0, 0.05) is 30.9 Å². The standard InChI is InChI=1S/C15H21N5O2/c1-10(2)12-9-13(19-22-12)18-15(21)20-8-4-3-5-11(20)14-16-6-7-17-14/h6-7,9-11H,3-5,8H2,1-2H3,(H,16,17)(H,18,19,21). The van der Waals surface area contributed by atoms with E-state index in [1.54, 1.807) is 18.5 Å². The number of imidazole rings is 1. The molecule has 2 N–H and O–H groups in total. The Morgan fingerprint density at radius 2 is 2.36 bits per heavy atom. The van der Waals surface area contributed by atoms with E-state index in [-0.39, 0.29) is 18.0 Å². The lowest BCUT2D eigenvalue weighted by Crippen LogP contribution is -2.41. The van der Waals surface area contributed by atoms with Gasteiger partial charge in [0.05, 0.1) is 6.04 Å². The smallest absolute Gasteiger partial charge is 0.323 e. The Labute approximate surface area is 129 Å². The number of amides is 2. The average Bonchev–Trinajstić information content (AvgIpc) is 3.18. The number of likely N-dealkylation sites (tertiary alicyclic amines) is 1. The van der Waals surface area contributed by atoms with Gasteiger partial charge < -0.3 is 14.4 Å². The molecule has 7 nitrogen and oxygen atoms in total. The molecular weight excluding hydrogens is 282 g/mol. The number of nitrogens with one attached hydrogen (secondary N) is 2. The fraction of sp³-hybridized carbons (Fsp3) is 0.533. The lowest BCUT2D eigenvalue weighted by molar-refractivity contribution is 0.159. The molecule has 1 aliphatic heterocycles. The van der Waals surface area contributed by atoms with Crippen molar-refractivity contribution in [2.24, 2.45) is 0 Å². The second kappa shape index (κ2) is 6.21. The van der Waals surface area contributed by atoms with Crippen molar-refractivity contribution in [1.29, 1.82) is 0 Å². The van der Waals surface area contributed by atoms with E-state index in [0.29, 0.717) is 12.4 Å². The summed E-state index contributed by atoms with van der Waals surface area (Å²) in [6.45, 7) is 4.75. The fourth-order valence-corrected chi connectivity index (χ4v) is 2.72. The van der Waals surface area contributed by atoms with E-state index >= 15 is 0 Å². The first-order valence-electron chi connectivity index (χ1n) is 7.68. The Balaban J connectivity index is 1.71. The van der Waals surface area contributed by atoms with Crippen molar-refractivity contribution in [3.8, 4) is 0 Å². The van der Waals surface area contributed by atoms with Crippen LogP contribution in [-0.2, 0) is 0 Å². The van der Waals surface area contributed by atoms with E-state index in [9.17, 15) is 4.79 Å². The largest absolute Gasteiger partial charge is 0.359 e. The highest BCUT2D eigenvalue weighted by Gasteiger charge is 2.30. The van der Waals surface area contributed by atoms with Gasteiger partial charge in [-0.25, -0.2) is 9.78 Å². The first kappa shape index (κ1) is 14.6. The average molecular weight is 303 g/mol. The molecule has 1 atom stereocenters. The Kier molecular flexibility index (Phi) is 4.13. The number of nitrogens with zero attached hydrogens (tertiary/aromatic N) is 3. The van der Waals surface area contributed by atoms with Crippen LogP contribution in [-0.4, -0.2) is 32.6 Å². The Morgan fingerprint density at radius 3 is 3.05 bits per heavy atom. The lowest BCUT2D eigenvalue weighted by Gasteiger charge is -2.34. The van der Waals surface area contributed by atoms with Crippen LogP contribution in [0.3, 0.4) is 0 Å². The maximum atomic E-state index is 12.5. The quantitative estimate of drug-likeness (QED) is 0.911. The summed E-state index contributed by atoms with van der Waals surface area (Å²) in [5, 5.41) is 6.72. The third kappa shape index (κ3) is 2.98. The first-order valence-corrected chi connectivity index (χ1v) is 7.68. The lowest BCUT2D eigenvalue weighted by atomic mass is 10.0. The van der Waals surface area contributed by atoms with Crippen LogP contribution in [0.25, 0.3) is 0 Å². The molecule has 1 aliphatic rings. The minimum atomic E-state index is -0.162. The minimum Gasteiger partial charge on any atom is -0.359 e. The zero-order valence-corrected chi connectivity index (χ0v) is 12.9. The Morgan fingerprint density at radius 1 is 1.50 bits per heavy atom. The summed E-state index contributed by atoms with van der Waals surface area (Å²) in [6.07, 6.45) is 6.51. The van der Waals surface area contributed by atoms with E-state index in [4.69, 9.17) is 4.52 Å². The normalized spacial score (nSPS) is 18.7. The predicted octanol–water partition coefficient (Wildman–Crippen LogP) is 3.28. The molecule has 118 valence electrons. The van der Waals surface area contributed by atoms with Crippen LogP contribution in [0.4, 0.5) is 10.6 Å². The number of aromatic nitrogens is 3. The number of piperidine rings is 1. The van der Waals surface area contributed by atoms with E-state index in [2.05, 4.69) is 20.4 Å². The van der Waals surface area contributed by atoms with Gasteiger partial charge in [-0.2, -0.15) is 0 Å². The summed E-state index contributed by atoms with van der Waals surface area (Å²) in [5.74, 6) is 2.29. The van der Waals surface area contributed by atoms with Gasteiger partial charge in [0.25, 0.3) is 0 Å². The number of aromatic amines is 1. The van der Waals surface area contributed by atoms with Crippen molar-refractivity contribution < 1.29 is 9.32 Å². The molecule has 0 saturated carbocycles. The van der Waals surface area contributed by atoms with Gasteiger partial charge in [-0.15, -0.1) is 0 Å². The highest BCUT2D eigenvalue weighted by Crippen LogP contribution is 2.29. The second-order valence-electron chi connectivity index (χ2n) is 5.88. The van der Waals surface area contributed by atoms with Crippen molar-refractivity contribution in [3.63, 3.8) is 0 Å². The van der Waals surface area contributed by atoms with E-state index in [1.165, 1.54) is 0 Å². The predicted molar refractivity (Wildman–Crippen MR) is 81.5 cm³/mol. The Bertz CT molecular complexity index is 620. The molecule has 22 heavy (non-hydrogen) atoms. The molecule has 2 amide bonds. The van der Waals surface area contributed by atoms with Gasteiger partial charge in [-0.1, -0.05) is 19.0 Å². The number of rotatable bonds is 3. The second-order valence-corrected chi connectivity index (χ2v) is 5.88. The molecule has 0 bridgehead atoms. The van der Waals surface area contributed by atoms with Crippen LogP contribution in [0.1, 0.15) is 56.7 Å². The number of anilines is 1. The van der Waals surface area contributed by atoms with Crippen LogP contribution in [0.15, 0.2) is 23.0 Å². The highest BCUT2D eigenvalue weighted by molar-refractivity contribution is 5.88. The number of H-pyrrole nitrogens is 1. The number of hydrogen-bond acceptors (Lipinski definition) is 4. The highest BCUT2D eigenvalue weighted by atomic mass is 16.5. The molecule has 3 heterocycles. The van der Waals surface area contributed by atoms with Crippen molar-refractivity contribution in [2.45, 2.75) is 45.1 Å². The van der Waals surface area contributed by atoms with Crippen LogP contribution < -0.4 is 5.32 Å². The molecular formula is C15H21N5O2. The maximum Gasteiger partial charge on any atom is 0.323 e. The minimum absolute atomic E-state index is 0.0137. The zero-order valence-electron chi connectivity index (χ0n) is 12.9. The van der Waals surface area contributed by atoms with E-state index < -0.39 is 0 Å². The van der Waals surface area contributed by atoms with Crippen molar-refractivity contribution in [1.82, 2.24) is 20.0 Å². The molecule has 0 radical (unpaired) electrons. The van der Waals surface area contributed by atoms with E-state index in [1.807, 2.05) is 18.7 Å². The van der Waals surface area contributed by atoms with Gasteiger partial charge in [0.15, 0.2) is 5.82 Å².